The molecule has 0 atom stereocenters. The maximum atomic E-state index is 12.0. The van der Waals surface area contributed by atoms with Crippen LogP contribution in [-0.2, 0) is 0 Å². The molecule has 0 unspecified atom stereocenters. The first-order valence-corrected chi connectivity index (χ1v) is 2.16. The second-order valence-corrected chi connectivity index (χ2v) is 1.37. The Labute approximate surface area is 45.8 Å². The van der Waals surface area contributed by atoms with Gasteiger partial charge in [0.15, 0.2) is 0 Å². The van der Waals surface area contributed by atoms with Gasteiger partial charge in [-0.15, -0.1) is 4.39 Å². The molecule has 0 aromatic carbocycles. The molecule has 0 bridgehead atoms. The van der Waals surface area contributed by atoms with Gasteiger partial charge in [0.1, 0.15) is 0 Å². The summed E-state index contributed by atoms with van der Waals surface area (Å²) in [5.74, 6) is -0.660. The summed E-state index contributed by atoms with van der Waals surface area (Å²) in [6.45, 7) is 0. The van der Waals surface area contributed by atoms with Crippen molar-refractivity contribution in [2.75, 3.05) is 0 Å². The molecule has 1 N–H and O–H groups in total. The van der Waals surface area contributed by atoms with Gasteiger partial charge in [-0.25, -0.2) is 0 Å². The van der Waals surface area contributed by atoms with Crippen LogP contribution in [0.1, 0.15) is 0 Å². The normalized spacial score (nSPS) is 9.12. The van der Waals surface area contributed by atoms with Crippen LogP contribution in [0.4, 0.5) is 4.39 Å². The molecule has 2 nitrogen and oxygen atoms in total. The predicted octanol–water partition coefficient (Wildman–Crippen LogP) is 0.350. The number of nitrogens with zero attached hydrogens (tertiary/aromatic N) is 1. The van der Waals surface area contributed by atoms with Crippen LogP contribution in [0.3, 0.4) is 0 Å². The number of halogens is 1. The Kier molecular flexibility index (Phi) is 1.12. The summed E-state index contributed by atoms with van der Waals surface area (Å²) < 4.78 is 12.4. The molecule has 3 heteroatoms. The summed E-state index contributed by atoms with van der Waals surface area (Å²) in [5.41, 5.74) is 0. The molecule has 42 valence electrons. The summed E-state index contributed by atoms with van der Waals surface area (Å²) in [6, 6.07) is 4.20. The molecule has 0 radical (unpaired) electrons. The highest BCUT2D eigenvalue weighted by atomic mass is 19.1. The van der Waals surface area contributed by atoms with Crippen molar-refractivity contribution < 1.29 is 14.3 Å². The Morgan fingerprint density at radius 2 is 2.25 bits per heavy atom. The van der Waals surface area contributed by atoms with Gasteiger partial charge in [-0.05, 0) is 6.07 Å². The molecule has 1 aromatic heterocycles. The van der Waals surface area contributed by atoms with Crippen molar-refractivity contribution in [2.24, 2.45) is 0 Å². The number of rotatable bonds is 0. The van der Waals surface area contributed by atoms with Gasteiger partial charge in [-0.3, -0.25) is 5.21 Å². The lowest BCUT2D eigenvalue weighted by molar-refractivity contribution is -0.923. The monoisotopic (exact) mass is 114 g/mol. The Bertz CT molecular complexity index is 169. The Morgan fingerprint density at radius 3 is 2.62 bits per heavy atom. The Hall–Kier alpha value is -1.12. The summed E-state index contributed by atoms with van der Waals surface area (Å²) in [6.07, 6.45) is 1.22. The number of hydrogen-bond acceptors (Lipinski definition) is 1. The van der Waals surface area contributed by atoms with Crippen LogP contribution in [-0.4, -0.2) is 5.21 Å². The van der Waals surface area contributed by atoms with Gasteiger partial charge < -0.3 is 0 Å². The molecule has 0 fully saturated rings. The van der Waals surface area contributed by atoms with E-state index in [9.17, 15) is 4.39 Å². The molecule has 1 aromatic rings. The van der Waals surface area contributed by atoms with E-state index in [2.05, 4.69) is 0 Å². The summed E-state index contributed by atoms with van der Waals surface area (Å²) in [4.78, 5) is 0. The minimum atomic E-state index is -0.660. The van der Waals surface area contributed by atoms with Gasteiger partial charge >= 0.3 is 5.95 Å². The minimum absolute atomic E-state index is 0.417. The summed E-state index contributed by atoms with van der Waals surface area (Å²) >= 11 is 0. The molecule has 0 amide bonds. The summed E-state index contributed by atoms with van der Waals surface area (Å²) in [5, 5.41) is 8.46. The van der Waals surface area contributed by atoms with Crippen molar-refractivity contribution in [2.45, 2.75) is 0 Å². The molecule has 8 heavy (non-hydrogen) atoms. The van der Waals surface area contributed by atoms with Gasteiger partial charge in [-0.2, -0.15) is 0 Å². The Morgan fingerprint density at radius 1 is 1.50 bits per heavy atom. The SMILES string of the molecule is O[n+]1ccccc1F. The van der Waals surface area contributed by atoms with Crippen molar-refractivity contribution in [1.82, 2.24) is 0 Å². The number of aromatic nitrogens is 1. The van der Waals surface area contributed by atoms with Crippen molar-refractivity contribution in [3.8, 4) is 0 Å². The van der Waals surface area contributed by atoms with E-state index in [-0.39, 0.29) is 0 Å². The van der Waals surface area contributed by atoms with Gasteiger partial charge in [0.2, 0.25) is 6.20 Å². The predicted molar refractivity (Wildman–Crippen MR) is 23.8 cm³/mol. The van der Waals surface area contributed by atoms with E-state index in [1.54, 1.807) is 0 Å². The maximum Gasteiger partial charge on any atom is 0.408 e. The average molecular weight is 114 g/mol. The van der Waals surface area contributed by atoms with E-state index in [1.807, 2.05) is 0 Å². The van der Waals surface area contributed by atoms with Gasteiger partial charge in [0.05, 0.1) is 0 Å². The van der Waals surface area contributed by atoms with E-state index in [1.165, 1.54) is 24.4 Å². The fourth-order valence-corrected chi connectivity index (χ4v) is 0.414. The molecule has 0 aliphatic rings. The van der Waals surface area contributed by atoms with E-state index < -0.39 is 5.95 Å². The highest BCUT2D eigenvalue weighted by molar-refractivity contribution is 4.85. The zero-order valence-corrected chi connectivity index (χ0v) is 4.08. The van der Waals surface area contributed by atoms with Crippen LogP contribution in [0.15, 0.2) is 24.4 Å². The molecule has 1 rings (SSSR count). The number of hydrogen-bond donors (Lipinski definition) is 1. The quantitative estimate of drug-likeness (QED) is 0.294. The van der Waals surface area contributed by atoms with Crippen molar-refractivity contribution >= 4 is 0 Å². The van der Waals surface area contributed by atoms with Gasteiger partial charge in [0.25, 0.3) is 0 Å². The third-order valence-electron chi connectivity index (χ3n) is 0.791. The first kappa shape index (κ1) is 5.03. The zero-order chi connectivity index (χ0) is 5.98. The fraction of sp³-hybridized carbons (Fsp3) is 0. The molecular formula is C5H5FNO+. The summed E-state index contributed by atoms with van der Waals surface area (Å²) in [7, 11) is 0. The lowest BCUT2D eigenvalue weighted by Crippen LogP contribution is -2.33. The van der Waals surface area contributed by atoms with Gasteiger partial charge in [0, 0.05) is 16.9 Å². The first-order valence-electron chi connectivity index (χ1n) is 2.16. The topological polar surface area (TPSA) is 24.1 Å². The van der Waals surface area contributed by atoms with Crippen LogP contribution in [0.5, 0.6) is 0 Å². The first-order chi connectivity index (χ1) is 3.80. The number of pyridine rings is 1. The Balaban J connectivity index is 3.13. The second kappa shape index (κ2) is 1.78. The highest BCUT2D eigenvalue weighted by Gasteiger charge is 2.02. The van der Waals surface area contributed by atoms with E-state index in [0.29, 0.717) is 4.73 Å². The molecule has 0 aliphatic heterocycles. The van der Waals surface area contributed by atoms with Gasteiger partial charge in [-0.1, -0.05) is 0 Å². The highest BCUT2D eigenvalue weighted by Crippen LogP contribution is 1.83. The van der Waals surface area contributed by atoms with Crippen LogP contribution < -0.4 is 4.73 Å². The zero-order valence-electron chi connectivity index (χ0n) is 4.08. The third kappa shape index (κ3) is 0.753. The largest absolute Gasteiger partial charge is 0.408 e. The van der Waals surface area contributed by atoms with E-state index in [0.717, 1.165) is 0 Å². The van der Waals surface area contributed by atoms with Crippen LogP contribution in [0.25, 0.3) is 0 Å². The van der Waals surface area contributed by atoms with E-state index in [4.69, 9.17) is 5.21 Å². The smallest absolute Gasteiger partial charge is 0.282 e. The third-order valence-corrected chi connectivity index (χ3v) is 0.791. The molecule has 0 saturated carbocycles. The van der Waals surface area contributed by atoms with Crippen molar-refractivity contribution in [1.29, 1.82) is 0 Å². The molecule has 0 saturated heterocycles. The van der Waals surface area contributed by atoms with Crippen LogP contribution in [0.2, 0.25) is 0 Å². The standard InChI is InChI=1S/C5H5FNO/c6-5-3-1-2-4-7(5)8/h1-4,8H/q+1. The lowest BCUT2D eigenvalue weighted by Gasteiger charge is -1.79. The van der Waals surface area contributed by atoms with Crippen molar-refractivity contribution in [3.05, 3.63) is 30.3 Å². The molecule has 1 heterocycles. The molecule has 0 spiro atoms. The lowest BCUT2D eigenvalue weighted by atomic mass is 10.5. The second-order valence-electron chi connectivity index (χ2n) is 1.37. The fourth-order valence-electron chi connectivity index (χ4n) is 0.414. The van der Waals surface area contributed by atoms with Crippen LogP contribution >= 0.6 is 0 Å². The average Bonchev–Trinajstić information content (AvgIpc) is 1.77. The minimum Gasteiger partial charge on any atom is -0.282 e. The molecule has 0 aliphatic carbocycles. The van der Waals surface area contributed by atoms with Crippen LogP contribution in [0, 0.1) is 5.95 Å². The van der Waals surface area contributed by atoms with E-state index >= 15 is 0 Å². The molecular weight excluding hydrogens is 109 g/mol. The van der Waals surface area contributed by atoms with Crippen molar-refractivity contribution in [3.63, 3.8) is 0 Å². The maximum absolute atomic E-state index is 12.0.